The Morgan fingerprint density at radius 2 is 0.667 bits per heavy atom. The zero-order chi connectivity index (χ0) is 64.9. The number of Topliss-reactive ketones (excluding diaryl/α,β-unsaturated/α-hetero) is 2. The molecule has 0 aromatic rings. The summed E-state index contributed by atoms with van der Waals surface area (Å²) in [6.07, 6.45) is 27.3. The highest BCUT2D eigenvalue weighted by atomic mass is 16.6. The maximum Gasteiger partial charge on any atom is 0.306 e. The van der Waals surface area contributed by atoms with Crippen molar-refractivity contribution in [3.63, 3.8) is 0 Å². The molecule has 0 heterocycles. The molecule has 0 aromatic heterocycles. The first-order chi connectivity index (χ1) is 41.7. The van der Waals surface area contributed by atoms with Crippen LogP contribution < -0.4 is 16.4 Å². The molecule has 0 rings (SSSR count). The second-order valence-electron chi connectivity index (χ2n) is 23.4. The van der Waals surface area contributed by atoms with Crippen molar-refractivity contribution in [2.24, 2.45) is 17.6 Å². The van der Waals surface area contributed by atoms with Gasteiger partial charge in [0.1, 0.15) is 25.0 Å². The predicted octanol–water partition coefficient (Wildman–Crippen LogP) is 11.4. The molecule has 0 aliphatic heterocycles. The number of primary amides is 1. The highest BCUT2D eigenvalue weighted by Crippen LogP contribution is 2.21. The summed E-state index contributed by atoms with van der Waals surface area (Å²) in [5.74, 6) is -15.1. The van der Waals surface area contributed by atoms with E-state index in [9.17, 15) is 72.9 Å². The van der Waals surface area contributed by atoms with E-state index < -0.39 is 185 Å². The monoisotopic (exact) mass is 1240 g/mol. The van der Waals surface area contributed by atoms with E-state index in [1.807, 2.05) is 0 Å². The highest BCUT2D eigenvalue weighted by Gasteiger charge is 2.33. The molecule has 0 fully saturated rings. The van der Waals surface area contributed by atoms with Gasteiger partial charge in [0.2, 0.25) is 17.7 Å². The number of carboxylic acids is 4. The summed E-state index contributed by atoms with van der Waals surface area (Å²) >= 11 is 0. The molecule has 5 unspecified atom stereocenters. The highest BCUT2D eigenvalue weighted by molar-refractivity contribution is 5.95. The van der Waals surface area contributed by atoms with Gasteiger partial charge < -0.3 is 51.0 Å². The minimum Gasteiger partial charge on any atom is -0.481 e. The molecule has 22 heteroatoms. The van der Waals surface area contributed by atoms with Crippen molar-refractivity contribution < 1.29 is 92.2 Å². The molecule has 0 saturated carbocycles. The minimum atomic E-state index is -1.65. The number of carboxylic acid groups (broad SMARTS) is 4. The van der Waals surface area contributed by atoms with Gasteiger partial charge in [-0.2, -0.15) is 0 Å². The van der Waals surface area contributed by atoms with Crippen LogP contribution in [0.4, 0.5) is 0 Å². The van der Waals surface area contributed by atoms with Crippen LogP contribution in [0.3, 0.4) is 0 Å². The van der Waals surface area contributed by atoms with Crippen LogP contribution in [0.5, 0.6) is 0 Å². The van der Waals surface area contributed by atoms with Gasteiger partial charge in [-0.25, -0.2) is 0 Å². The molecule has 0 aliphatic rings. The number of aliphatic carboxylic acids is 4. The summed E-state index contributed by atoms with van der Waals surface area (Å²) in [7, 11) is 0. The molecule has 0 bridgehead atoms. The molecule has 0 spiro atoms. The third kappa shape index (κ3) is 49.7. The zero-order valence-corrected chi connectivity index (χ0v) is 52.9. The Hall–Kier alpha value is -5.96. The van der Waals surface area contributed by atoms with Crippen LogP contribution in [0.15, 0.2) is 0 Å². The standard InChI is InChI=1S/C65H111N3O19/c1-3-5-7-9-11-13-15-17-19-21-23-25-27-29-31-33-60(79)85-47-52(87-62(81)34-32-30-28-26-24-22-20-18-16-14-12-10-8-6-4-2)48-86-61(80)44-37-51(69)45-49(35-40-56(71)72)64(83)67-53(38-42-58(75)76)55(70)46-50(36-41-57(73)74)65(84)68-54(63(66)82)39-43-59(77)78/h49-50,52-54H,3-48H2,1-2H3,(H2,66,82)(H,67,83)(H,68,84)(H,71,72)(H,73,74)(H,75,76)(H,77,78). The molecule has 0 saturated heterocycles. The molecule has 8 N–H and O–H groups in total. The van der Waals surface area contributed by atoms with Crippen LogP contribution in [0.1, 0.15) is 296 Å². The number of nitrogens with two attached hydrogens (primary N) is 1. The second-order valence-corrected chi connectivity index (χ2v) is 23.4. The van der Waals surface area contributed by atoms with Gasteiger partial charge in [-0.1, -0.05) is 194 Å². The number of rotatable bonds is 62. The molecule has 0 aromatic carbocycles. The Bertz CT molecular complexity index is 2000. The number of hydrogen-bond donors (Lipinski definition) is 7. The Labute approximate surface area is 517 Å². The Morgan fingerprint density at radius 1 is 0.356 bits per heavy atom. The lowest BCUT2D eigenvalue weighted by molar-refractivity contribution is -0.167. The quantitative estimate of drug-likeness (QED) is 0.0169. The van der Waals surface area contributed by atoms with Crippen molar-refractivity contribution in [2.45, 2.75) is 315 Å². The van der Waals surface area contributed by atoms with E-state index in [-0.39, 0.29) is 19.4 Å². The molecule has 87 heavy (non-hydrogen) atoms. The molecule has 0 radical (unpaired) electrons. The Balaban J connectivity index is 5.65. The van der Waals surface area contributed by atoms with Crippen LogP contribution >= 0.6 is 0 Å². The van der Waals surface area contributed by atoms with E-state index in [0.717, 1.165) is 51.4 Å². The fourth-order valence-electron chi connectivity index (χ4n) is 10.1. The summed E-state index contributed by atoms with van der Waals surface area (Å²) < 4.78 is 16.5. The van der Waals surface area contributed by atoms with Gasteiger partial charge >= 0.3 is 41.8 Å². The summed E-state index contributed by atoms with van der Waals surface area (Å²) in [4.78, 5) is 151. The van der Waals surface area contributed by atoms with Gasteiger partial charge in [0.15, 0.2) is 11.9 Å². The lowest BCUT2D eigenvalue weighted by atomic mass is 9.90. The minimum absolute atomic E-state index is 0.107. The number of amides is 3. The van der Waals surface area contributed by atoms with Gasteiger partial charge in [-0.15, -0.1) is 0 Å². The van der Waals surface area contributed by atoms with E-state index in [4.69, 9.17) is 25.1 Å². The third-order valence-electron chi connectivity index (χ3n) is 15.5. The number of ether oxygens (including phenoxy) is 3. The maximum absolute atomic E-state index is 13.7. The Morgan fingerprint density at radius 3 is 1.03 bits per heavy atom. The molecule has 500 valence electrons. The first-order valence-corrected chi connectivity index (χ1v) is 33.0. The van der Waals surface area contributed by atoms with E-state index in [1.54, 1.807) is 0 Å². The zero-order valence-electron chi connectivity index (χ0n) is 52.9. The average molecular weight is 1240 g/mol. The maximum atomic E-state index is 13.7. The van der Waals surface area contributed by atoms with Crippen molar-refractivity contribution in [1.29, 1.82) is 0 Å². The molecule has 5 atom stereocenters. The molecule has 22 nitrogen and oxygen atoms in total. The number of nitrogens with one attached hydrogen (secondary N) is 2. The predicted molar refractivity (Wildman–Crippen MR) is 327 cm³/mol. The van der Waals surface area contributed by atoms with Crippen molar-refractivity contribution in [1.82, 2.24) is 10.6 Å². The fraction of sp³-hybridized carbons (Fsp3) is 0.815. The van der Waals surface area contributed by atoms with E-state index in [2.05, 4.69) is 24.5 Å². The largest absolute Gasteiger partial charge is 0.481 e. The number of ketones is 2. The number of carbonyl (C=O) groups is 12. The van der Waals surface area contributed by atoms with Crippen molar-refractivity contribution >= 4 is 71.1 Å². The van der Waals surface area contributed by atoms with E-state index >= 15 is 0 Å². The van der Waals surface area contributed by atoms with Crippen molar-refractivity contribution in [2.75, 3.05) is 13.2 Å². The van der Waals surface area contributed by atoms with Crippen molar-refractivity contribution in [3.8, 4) is 0 Å². The molecular formula is C65H111N3O19. The van der Waals surface area contributed by atoms with Crippen molar-refractivity contribution in [3.05, 3.63) is 0 Å². The van der Waals surface area contributed by atoms with Crippen LogP contribution in [0.2, 0.25) is 0 Å². The number of carbonyl (C=O) groups excluding carboxylic acids is 8. The first-order valence-electron chi connectivity index (χ1n) is 33.0. The summed E-state index contributed by atoms with van der Waals surface area (Å²) in [6.45, 7) is 3.59. The number of unbranched alkanes of at least 4 members (excludes halogenated alkanes) is 28. The number of hydrogen-bond acceptors (Lipinski definition) is 15. The van der Waals surface area contributed by atoms with Gasteiger partial charge in [0, 0.05) is 69.6 Å². The second kappa shape index (κ2) is 54.2. The van der Waals surface area contributed by atoms with Gasteiger partial charge in [0.25, 0.3) is 0 Å². The van der Waals surface area contributed by atoms with Crippen LogP contribution in [0.25, 0.3) is 0 Å². The lowest BCUT2D eigenvalue weighted by Crippen LogP contribution is -2.48. The third-order valence-corrected chi connectivity index (χ3v) is 15.5. The van der Waals surface area contributed by atoms with Crippen LogP contribution in [0, 0.1) is 11.8 Å². The summed E-state index contributed by atoms with van der Waals surface area (Å²) in [6, 6.07) is -3.16. The summed E-state index contributed by atoms with van der Waals surface area (Å²) in [5, 5.41) is 41.9. The SMILES string of the molecule is CCCCCCCCCCCCCCCCCC(=O)OCC(COC(=O)CCC(=O)CC(CCC(=O)O)C(=O)NC(CCC(=O)O)C(=O)CC(CCC(=O)O)C(=O)NC(CCC(=O)O)C(N)=O)OC(=O)CCCCCCCCCCCCCCCCC. The van der Waals surface area contributed by atoms with Gasteiger partial charge in [0.05, 0.1) is 12.5 Å². The normalized spacial score (nSPS) is 12.9. The van der Waals surface area contributed by atoms with Gasteiger partial charge in [-0.05, 0) is 38.5 Å². The first kappa shape index (κ1) is 81.0. The Kier molecular flexibility index (Phi) is 50.5. The number of esters is 3. The van der Waals surface area contributed by atoms with E-state index in [0.29, 0.717) is 12.8 Å². The molecular weight excluding hydrogens is 1130 g/mol. The van der Waals surface area contributed by atoms with Crippen LogP contribution in [-0.2, 0) is 71.7 Å². The molecule has 3 amide bonds. The van der Waals surface area contributed by atoms with Crippen LogP contribution in [-0.4, -0.2) is 123 Å². The summed E-state index contributed by atoms with van der Waals surface area (Å²) in [5.41, 5.74) is 5.32. The lowest BCUT2D eigenvalue weighted by Gasteiger charge is -2.24. The molecule has 0 aliphatic carbocycles. The fourth-order valence-corrected chi connectivity index (χ4v) is 10.1. The topological polar surface area (TPSA) is 364 Å². The van der Waals surface area contributed by atoms with Gasteiger partial charge in [-0.3, -0.25) is 57.5 Å². The average Bonchev–Trinajstić information content (AvgIpc) is 3.56. The van der Waals surface area contributed by atoms with E-state index in [1.165, 1.54) is 128 Å². The smallest absolute Gasteiger partial charge is 0.306 e.